The van der Waals surface area contributed by atoms with Crippen molar-refractivity contribution in [2.24, 2.45) is 0 Å². The Kier molecular flexibility index (Phi) is 7.42. The first-order valence-corrected chi connectivity index (χ1v) is 13.0. The lowest BCUT2D eigenvalue weighted by Crippen LogP contribution is -2.71. The summed E-state index contributed by atoms with van der Waals surface area (Å²) in [6.45, 7) is 5.08. The molecule has 1 N–H and O–H groups in total. The van der Waals surface area contributed by atoms with Crippen LogP contribution in [0.1, 0.15) is 64.4 Å². The van der Waals surface area contributed by atoms with Crippen molar-refractivity contribution in [1.29, 1.82) is 0 Å². The van der Waals surface area contributed by atoms with Gasteiger partial charge in [0, 0.05) is 18.3 Å². The van der Waals surface area contributed by atoms with E-state index in [1.807, 2.05) is 31.2 Å². The number of aryl methyl sites for hydroxylation is 1. The fourth-order valence-electron chi connectivity index (χ4n) is 4.70. The smallest absolute Gasteiger partial charge is 0.247 e. The van der Waals surface area contributed by atoms with E-state index in [1.165, 1.54) is 22.0 Å². The topological polar surface area (TPSA) is 86.8 Å². The zero-order valence-electron chi connectivity index (χ0n) is 18.9. The van der Waals surface area contributed by atoms with Crippen LogP contribution in [0.3, 0.4) is 0 Å². The van der Waals surface area contributed by atoms with Gasteiger partial charge in [0.25, 0.3) is 0 Å². The molecule has 1 aromatic rings. The highest BCUT2D eigenvalue weighted by Gasteiger charge is 2.51. The third-order valence-corrected chi connectivity index (χ3v) is 8.40. The second-order valence-electron chi connectivity index (χ2n) is 9.04. The van der Waals surface area contributed by atoms with Gasteiger partial charge in [0.15, 0.2) is 0 Å². The number of piperazine rings is 1. The van der Waals surface area contributed by atoms with Gasteiger partial charge < -0.3 is 5.32 Å². The Morgan fingerprint density at radius 2 is 1.81 bits per heavy atom. The first-order chi connectivity index (χ1) is 14.7. The van der Waals surface area contributed by atoms with E-state index in [4.69, 9.17) is 0 Å². The van der Waals surface area contributed by atoms with Crippen molar-refractivity contribution in [3.63, 3.8) is 0 Å². The molecule has 1 saturated carbocycles. The van der Waals surface area contributed by atoms with E-state index in [2.05, 4.69) is 5.32 Å². The van der Waals surface area contributed by atoms with Crippen LogP contribution in [0, 0.1) is 6.92 Å². The van der Waals surface area contributed by atoms with Crippen LogP contribution in [0.15, 0.2) is 24.3 Å². The number of rotatable bonds is 6. The van der Waals surface area contributed by atoms with Gasteiger partial charge in [-0.25, -0.2) is 8.42 Å². The molecule has 1 atom stereocenters. The maximum atomic E-state index is 13.6. The Labute approximate surface area is 186 Å². The minimum Gasteiger partial charge on any atom is -0.351 e. The van der Waals surface area contributed by atoms with Crippen molar-refractivity contribution < 1.29 is 18.0 Å². The van der Waals surface area contributed by atoms with Crippen LogP contribution in [0.25, 0.3) is 0 Å². The molecule has 0 aromatic heterocycles. The van der Waals surface area contributed by atoms with Crippen molar-refractivity contribution in [2.45, 2.75) is 77.3 Å². The third-order valence-electron chi connectivity index (χ3n) is 6.43. The Morgan fingerprint density at radius 1 is 1.16 bits per heavy atom. The SMILES string of the molecule is CCCS(=O)(=O)N1CC(=O)N(c2ccccc2C)[C@](C)(C(=O)NC2CCCCCC2)C1. The number of amides is 2. The molecule has 1 aliphatic heterocycles. The molecule has 0 radical (unpaired) electrons. The normalized spacial score (nSPS) is 24.1. The van der Waals surface area contributed by atoms with Crippen LogP contribution < -0.4 is 10.2 Å². The summed E-state index contributed by atoms with van der Waals surface area (Å²) < 4.78 is 26.8. The predicted octanol–water partition coefficient (Wildman–Crippen LogP) is 2.98. The molecule has 2 aliphatic rings. The van der Waals surface area contributed by atoms with Gasteiger partial charge in [-0.15, -0.1) is 0 Å². The third kappa shape index (κ3) is 5.12. The van der Waals surface area contributed by atoms with E-state index < -0.39 is 15.6 Å². The van der Waals surface area contributed by atoms with Gasteiger partial charge in [0.2, 0.25) is 21.8 Å². The Bertz CT molecular complexity index is 909. The summed E-state index contributed by atoms with van der Waals surface area (Å²) in [5, 5.41) is 3.16. The molecular weight excluding hydrogens is 414 g/mol. The number of hydrogen-bond acceptors (Lipinski definition) is 4. The highest BCUT2D eigenvalue weighted by Crippen LogP contribution is 2.33. The average molecular weight is 450 g/mol. The van der Waals surface area contributed by atoms with Crippen molar-refractivity contribution in [1.82, 2.24) is 9.62 Å². The van der Waals surface area contributed by atoms with Gasteiger partial charge in [-0.3, -0.25) is 14.5 Å². The number of anilines is 1. The zero-order chi connectivity index (χ0) is 22.6. The lowest BCUT2D eigenvalue weighted by atomic mass is 9.92. The minimum absolute atomic E-state index is 0.0367. The second kappa shape index (κ2) is 9.69. The minimum atomic E-state index is -3.62. The Morgan fingerprint density at radius 3 is 2.42 bits per heavy atom. The molecule has 1 saturated heterocycles. The highest BCUT2D eigenvalue weighted by atomic mass is 32.2. The number of carbonyl (C=O) groups is 2. The van der Waals surface area contributed by atoms with Gasteiger partial charge in [-0.1, -0.05) is 50.8 Å². The van der Waals surface area contributed by atoms with Gasteiger partial charge in [-0.05, 0) is 44.7 Å². The summed E-state index contributed by atoms with van der Waals surface area (Å²) in [7, 11) is -3.62. The standard InChI is InChI=1S/C23H35N3O4S/c1-4-15-31(29,30)25-16-21(27)26(20-14-10-9-11-18(20)2)23(3,17-25)22(28)24-19-12-7-5-6-8-13-19/h9-11,14,19H,4-8,12-13,15-17H2,1-3H3,(H,24,28)/t23-/m0/s1. The lowest BCUT2D eigenvalue weighted by molar-refractivity contribution is -0.133. The molecule has 7 nitrogen and oxygen atoms in total. The molecule has 1 aromatic carbocycles. The fraction of sp³-hybridized carbons (Fsp3) is 0.652. The van der Waals surface area contributed by atoms with E-state index in [0.717, 1.165) is 31.2 Å². The largest absolute Gasteiger partial charge is 0.351 e. The molecule has 31 heavy (non-hydrogen) atoms. The van der Waals surface area contributed by atoms with E-state index in [-0.39, 0.29) is 36.7 Å². The first kappa shape index (κ1) is 23.7. The Balaban J connectivity index is 1.98. The first-order valence-electron chi connectivity index (χ1n) is 11.4. The molecule has 2 fully saturated rings. The molecule has 0 spiro atoms. The summed E-state index contributed by atoms with van der Waals surface area (Å²) in [6, 6.07) is 7.49. The lowest BCUT2D eigenvalue weighted by Gasteiger charge is -2.47. The zero-order valence-corrected chi connectivity index (χ0v) is 19.7. The molecule has 3 rings (SSSR count). The van der Waals surface area contributed by atoms with Crippen LogP contribution in [0.5, 0.6) is 0 Å². The van der Waals surface area contributed by atoms with Crippen LogP contribution in [0.2, 0.25) is 0 Å². The average Bonchev–Trinajstić information content (AvgIpc) is 2.97. The number of carbonyl (C=O) groups excluding carboxylic acids is 2. The maximum Gasteiger partial charge on any atom is 0.247 e. The number of nitrogens with one attached hydrogen (secondary N) is 1. The van der Waals surface area contributed by atoms with Crippen LogP contribution in [-0.2, 0) is 19.6 Å². The van der Waals surface area contributed by atoms with Crippen molar-refractivity contribution in [3.05, 3.63) is 29.8 Å². The van der Waals surface area contributed by atoms with Gasteiger partial charge in [0.05, 0.1) is 12.3 Å². The quantitative estimate of drug-likeness (QED) is 0.677. The summed E-state index contributed by atoms with van der Waals surface area (Å²) in [5.74, 6) is -0.698. The summed E-state index contributed by atoms with van der Waals surface area (Å²) >= 11 is 0. The number of nitrogens with zero attached hydrogens (tertiary/aromatic N) is 2. The van der Waals surface area contributed by atoms with Gasteiger partial charge in [-0.2, -0.15) is 4.31 Å². The fourth-order valence-corrected chi connectivity index (χ4v) is 6.23. The molecular formula is C23H35N3O4S. The number of benzene rings is 1. The maximum absolute atomic E-state index is 13.6. The molecule has 2 amide bonds. The van der Waals surface area contributed by atoms with Crippen molar-refractivity contribution in [3.8, 4) is 0 Å². The van der Waals surface area contributed by atoms with Gasteiger partial charge >= 0.3 is 0 Å². The molecule has 1 aliphatic carbocycles. The highest BCUT2D eigenvalue weighted by molar-refractivity contribution is 7.89. The van der Waals surface area contributed by atoms with Crippen LogP contribution >= 0.6 is 0 Å². The summed E-state index contributed by atoms with van der Waals surface area (Å²) in [6.07, 6.45) is 6.76. The van der Waals surface area contributed by atoms with Crippen molar-refractivity contribution in [2.75, 3.05) is 23.7 Å². The molecule has 0 bridgehead atoms. The summed E-state index contributed by atoms with van der Waals surface area (Å²) in [4.78, 5) is 28.5. The van der Waals surface area contributed by atoms with Gasteiger partial charge in [0.1, 0.15) is 5.54 Å². The molecule has 0 unspecified atom stereocenters. The summed E-state index contributed by atoms with van der Waals surface area (Å²) in [5.41, 5.74) is 0.196. The van der Waals surface area contributed by atoms with E-state index in [9.17, 15) is 18.0 Å². The molecule has 1 heterocycles. The van der Waals surface area contributed by atoms with Crippen LogP contribution in [-0.4, -0.2) is 55.0 Å². The van der Waals surface area contributed by atoms with E-state index >= 15 is 0 Å². The number of para-hydroxylation sites is 1. The van der Waals surface area contributed by atoms with Crippen LogP contribution in [0.4, 0.5) is 5.69 Å². The predicted molar refractivity (Wildman–Crippen MR) is 122 cm³/mol. The van der Waals surface area contributed by atoms with E-state index in [1.54, 1.807) is 13.8 Å². The Hall–Kier alpha value is -1.93. The van der Waals surface area contributed by atoms with Crippen molar-refractivity contribution >= 4 is 27.5 Å². The number of sulfonamides is 1. The number of hydrogen-bond donors (Lipinski definition) is 1. The second-order valence-corrected chi connectivity index (χ2v) is 11.1. The monoisotopic (exact) mass is 449 g/mol. The molecule has 172 valence electrons. The molecule has 8 heteroatoms. The van der Waals surface area contributed by atoms with E-state index in [0.29, 0.717) is 12.1 Å².